The molecule has 0 spiro atoms. The van der Waals surface area contributed by atoms with Crippen molar-refractivity contribution in [2.45, 2.75) is 39.1 Å². The number of benzene rings is 1. The minimum absolute atomic E-state index is 0.195. The molecule has 8 heteroatoms. The van der Waals surface area contributed by atoms with Crippen LogP contribution in [0.3, 0.4) is 0 Å². The zero-order valence-corrected chi connectivity index (χ0v) is 15.0. The van der Waals surface area contributed by atoms with E-state index in [0.717, 1.165) is 5.56 Å². The average molecular weight is 351 g/mol. The molecule has 0 aliphatic carbocycles. The zero-order chi connectivity index (χ0) is 18.4. The first-order valence-corrected chi connectivity index (χ1v) is 8.37. The number of ether oxygens (including phenoxy) is 3. The van der Waals surface area contributed by atoms with Gasteiger partial charge in [0.05, 0.1) is 32.5 Å². The van der Waals surface area contributed by atoms with Gasteiger partial charge in [-0.3, -0.25) is 0 Å². The molecule has 2 N–H and O–H groups in total. The quantitative estimate of drug-likeness (QED) is 0.752. The number of rotatable bonds is 5. The van der Waals surface area contributed by atoms with Crippen molar-refractivity contribution < 1.29 is 29.1 Å². The van der Waals surface area contributed by atoms with Gasteiger partial charge >= 0.3 is 13.2 Å². The summed E-state index contributed by atoms with van der Waals surface area (Å²) in [6.07, 6.45) is -0.529. The fraction of sp³-hybridized carbons (Fsp3) is 0.588. The maximum atomic E-state index is 12.1. The number of hydrogen-bond donors (Lipinski definition) is 2. The molecular weight excluding hydrogens is 325 g/mol. The first-order valence-electron chi connectivity index (χ1n) is 8.37. The largest absolute Gasteiger partial charge is 0.488 e. The normalized spacial score (nSPS) is 18.1. The van der Waals surface area contributed by atoms with E-state index in [1.165, 1.54) is 0 Å². The van der Waals surface area contributed by atoms with Crippen molar-refractivity contribution in [3.8, 4) is 0 Å². The Morgan fingerprint density at radius 2 is 2.00 bits per heavy atom. The minimum atomic E-state index is -1.47. The van der Waals surface area contributed by atoms with Crippen LogP contribution in [-0.4, -0.2) is 66.2 Å². The summed E-state index contributed by atoms with van der Waals surface area (Å²) in [7, 11) is -1.47. The fourth-order valence-electron chi connectivity index (χ4n) is 2.41. The van der Waals surface area contributed by atoms with E-state index in [4.69, 9.17) is 24.3 Å². The predicted molar refractivity (Wildman–Crippen MR) is 93.5 cm³/mol. The van der Waals surface area contributed by atoms with E-state index in [-0.39, 0.29) is 12.2 Å². The van der Waals surface area contributed by atoms with Crippen molar-refractivity contribution >= 4 is 18.7 Å². The third-order valence-corrected chi connectivity index (χ3v) is 3.64. The van der Waals surface area contributed by atoms with Gasteiger partial charge in [0.1, 0.15) is 5.60 Å². The molecule has 0 aromatic heterocycles. The van der Waals surface area contributed by atoms with Gasteiger partial charge in [0.15, 0.2) is 0 Å². The summed E-state index contributed by atoms with van der Waals surface area (Å²) in [5.41, 5.74) is 0.840. The van der Waals surface area contributed by atoms with Crippen LogP contribution >= 0.6 is 0 Å². The van der Waals surface area contributed by atoms with Crippen LogP contribution in [0.25, 0.3) is 0 Å². The lowest BCUT2D eigenvalue weighted by Gasteiger charge is -2.34. The molecule has 2 rings (SSSR count). The maximum absolute atomic E-state index is 12.1. The van der Waals surface area contributed by atoms with Crippen LogP contribution in [0, 0.1) is 0 Å². The van der Waals surface area contributed by atoms with Crippen LogP contribution in [0.4, 0.5) is 4.79 Å². The van der Waals surface area contributed by atoms with Gasteiger partial charge in [-0.15, -0.1) is 0 Å². The van der Waals surface area contributed by atoms with Gasteiger partial charge in [0, 0.05) is 6.54 Å². The molecule has 0 radical (unpaired) electrons. The topological polar surface area (TPSA) is 88.5 Å². The first-order chi connectivity index (χ1) is 11.7. The van der Waals surface area contributed by atoms with E-state index >= 15 is 0 Å². The Bertz CT molecular complexity index is 557. The van der Waals surface area contributed by atoms with Gasteiger partial charge in [0.2, 0.25) is 0 Å². The lowest BCUT2D eigenvalue weighted by Crippen LogP contribution is -2.48. The number of nitrogens with zero attached hydrogens (tertiary/aromatic N) is 1. The molecule has 25 heavy (non-hydrogen) atoms. The average Bonchev–Trinajstić information content (AvgIpc) is 2.54. The van der Waals surface area contributed by atoms with Crippen LogP contribution in [0.2, 0.25) is 0 Å². The first kappa shape index (κ1) is 19.7. The number of carbonyl (C=O) groups excluding carboxylic acids is 1. The summed E-state index contributed by atoms with van der Waals surface area (Å²) >= 11 is 0. The third kappa shape index (κ3) is 6.66. The van der Waals surface area contributed by atoms with Crippen molar-refractivity contribution in [3.63, 3.8) is 0 Å². The van der Waals surface area contributed by atoms with Crippen molar-refractivity contribution in [3.05, 3.63) is 29.8 Å². The Hall–Kier alpha value is -1.61. The minimum Gasteiger partial charge on any atom is -0.444 e. The van der Waals surface area contributed by atoms with Gasteiger partial charge in [-0.2, -0.15) is 0 Å². The zero-order valence-electron chi connectivity index (χ0n) is 15.0. The summed E-state index contributed by atoms with van der Waals surface area (Å²) in [4.78, 5) is 13.7. The monoisotopic (exact) mass is 351 g/mol. The molecule has 1 fully saturated rings. The molecule has 1 heterocycles. The van der Waals surface area contributed by atoms with E-state index < -0.39 is 12.7 Å². The summed E-state index contributed by atoms with van der Waals surface area (Å²) in [6, 6.07) is 6.85. The van der Waals surface area contributed by atoms with Gasteiger partial charge in [-0.25, -0.2) is 4.79 Å². The van der Waals surface area contributed by atoms with E-state index in [9.17, 15) is 4.79 Å². The molecule has 1 aromatic carbocycles. The Labute approximate surface area is 148 Å². The highest BCUT2D eigenvalue weighted by molar-refractivity contribution is 6.58. The summed E-state index contributed by atoms with van der Waals surface area (Å²) < 4.78 is 16.7. The molecule has 138 valence electrons. The highest BCUT2D eigenvalue weighted by Crippen LogP contribution is 2.13. The van der Waals surface area contributed by atoms with Gasteiger partial charge < -0.3 is 29.2 Å². The van der Waals surface area contributed by atoms with Crippen LogP contribution in [0.5, 0.6) is 0 Å². The number of hydrogen-bond acceptors (Lipinski definition) is 6. The highest BCUT2D eigenvalue weighted by atomic mass is 16.6. The van der Waals surface area contributed by atoms with Crippen LogP contribution in [0.15, 0.2) is 24.3 Å². The Kier molecular flexibility index (Phi) is 6.83. The van der Waals surface area contributed by atoms with Gasteiger partial charge in [0.25, 0.3) is 0 Å². The van der Waals surface area contributed by atoms with Crippen LogP contribution in [-0.2, 0) is 20.8 Å². The molecule has 7 nitrogen and oxygen atoms in total. The lowest BCUT2D eigenvalue weighted by molar-refractivity contribution is -0.0750. The van der Waals surface area contributed by atoms with E-state index in [2.05, 4.69) is 0 Å². The maximum Gasteiger partial charge on any atom is 0.488 e. The molecule has 1 aliphatic rings. The molecule has 0 bridgehead atoms. The molecule has 1 atom stereocenters. The van der Waals surface area contributed by atoms with Crippen molar-refractivity contribution in [2.24, 2.45) is 0 Å². The third-order valence-electron chi connectivity index (χ3n) is 3.64. The van der Waals surface area contributed by atoms with E-state index in [0.29, 0.717) is 38.4 Å². The van der Waals surface area contributed by atoms with E-state index in [1.807, 2.05) is 20.8 Å². The smallest absolute Gasteiger partial charge is 0.444 e. The standard InChI is InChI=1S/C17H26BNO6/c1-17(2,3)25-16(20)19-8-9-24-15(10-19)12-23-11-13-4-6-14(7-5-13)18(21)22/h4-7,15,21-22H,8-12H2,1-3H3. The molecule has 1 unspecified atom stereocenters. The SMILES string of the molecule is CC(C)(C)OC(=O)N1CCOC(COCc2ccc(B(O)O)cc2)C1. The second-order valence-electron chi connectivity index (χ2n) is 7.05. The second-order valence-corrected chi connectivity index (χ2v) is 7.05. The van der Waals surface area contributed by atoms with Crippen molar-refractivity contribution in [1.29, 1.82) is 0 Å². The molecule has 1 saturated heterocycles. The lowest BCUT2D eigenvalue weighted by atomic mass is 9.80. The van der Waals surface area contributed by atoms with E-state index in [1.54, 1.807) is 29.2 Å². The summed E-state index contributed by atoms with van der Waals surface area (Å²) in [6.45, 7) is 7.67. The Morgan fingerprint density at radius 1 is 1.32 bits per heavy atom. The van der Waals surface area contributed by atoms with Crippen molar-refractivity contribution in [2.75, 3.05) is 26.3 Å². The number of amides is 1. The molecular formula is C17H26BNO6. The fourth-order valence-corrected chi connectivity index (χ4v) is 2.41. The molecule has 1 aromatic rings. The Balaban J connectivity index is 1.76. The predicted octanol–water partition coefficient (Wildman–Crippen LogP) is 0.519. The number of carbonyl (C=O) groups is 1. The summed E-state index contributed by atoms with van der Waals surface area (Å²) in [5.74, 6) is 0. The summed E-state index contributed by atoms with van der Waals surface area (Å²) in [5, 5.41) is 18.1. The van der Waals surface area contributed by atoms with Gasteiger partial charge in [-0.05, 0) is 31.8 Å². The van der Waals surface area contributed by atoms with Crippen LogP contribution < -0.4 is 5.46 Å². The van der Waals surface area contributed by atoms with Gasteiger partial charge in [-0.1, -0.05) is 24.3 Å². The van der Waals surface area contributed by atoms with Crippen LogP contribution in [0.1, 0.15) is 26.3 Å². The molecule has 1 aliphatic heterocycles. The Morgan fingerprint density at radius 3 is 2.60 bits per heavy atom. The second kappa shape index (κ2) is 8.67. The molecule has 0 saturated carbocycles. The van der Waals surface area contributed by atoms with Crippen molar-refractivity contribution in [1.82, 2.24) is 4.90 Å². The molecule has 1 amide bonds. The number of morpholine rings is 1. The highest BCUT2D eigenvalue weighted by Gasteiger charge is 2.28.